The number of para-hydroxylation sites is 1. The van der Waals surface area contributed by atoms with Gasteiger partial charge < -0.3 is 9.67 Å². The number of hydrogen-bond donors (Lipinski definition) is 1. The summed E-state index contributed by atoms with van der Waals surface area (Å²) in [6.45, 7) is 6.26. The summed E-state index contributed by atoms with van der Waals surface area (Å²) in [6.07, 6.45) is 2.27. The van der Waals surface area contributed by atoms with Crippen molar-refractivity contribution in [1.29, 1.82) is 0 Å². The van der Waals surface area contributed by atoms with Crippen LogP contribution in [0.2, 0.25) is 0 Å². The van der Waals surface area contributed by atoms with Crippen LogP contribution in [0.5, 0.6) is 0 Å². The van der Waals surface area contributed by atoms with Crippen LogP contribution in [0.3, 0.4) is 0 Å². The van der Waals surface area contributed by atoms with Crippen LogP contribution in [0, 0.1) is 12.8 Å². The molecule has 1 unspecified atom stereocenters. The highest BCUT2D eigenvalue weighted by Gasteiger charge is 2.23. The van der Waals surface area contributed by atoms with Crippen LogP contribution in [0.15, 0.2) is 24.4 Å². The fraction of sp³-hybridized carbons (Fsp3) is 0.438. The normalized spacial score (nSPS) is 13.1. The molecule has 0 saturated heterocycles. The number of aryl methyl sites for hydroxylation is 2. The molecule has 0 aliphatic heterocycles. The van der Waals surface area contributed by atoms with Gasteiger partial charge in [0.25, 0.3) is 0 Å². The van der Waals surface area contributed by atoms with E-state index in [9.17, 15) is 4.79 Å². The lowest BCUT2D eigenvalue weighted by Gasteiger charge is -2.18. The molecule has 1 aromatic heterocycles. The predicted molar refractivity (Wildman–Crippen MR) is 77.5 cm³/mol. The first-order valence-electron chi connectivity index (χ1n) is 6.68. The van der Waals surface area contributed by atoms with E-state index in [1.54, 1.807) is 0 Å². The topological polar surface area (TPSA) is 42.2 Å². The molecule has 1 N–H and O–H groups in total. The number of benzene rings is 1. The highest BCUT2D eigenvalue weighted by Crippen LogP contribution is 2.35. The van der Waals surface area contributed by atoms with Crippen molar-refractivity contribution in [3.05, 3.63) is 35.5 Å². The van der Waals surface area contributed by atoms with Crippen LogP contribution in [0.25, 0.3) is 10.9 Å². The second-order valence-corrected chi connectivity index (χ2v) is 5.61. The van der Waals surface area contributed by atoms with Gasteiger partial charge in [-0.05, 0) is 29.9 Å². The summed E-state index contributed by atoms with van der Waals surface area (Å²) in [5, 5.41) is 10.3. The fourth-order valence-electron chi connectivity index (χ4n) is 2.89. The van der Waals surface area contributed by atoms with Crippen molar-refractivity contribution in [2.24, 2.45) is 13.0 Å². The van der Waals surface area contributed by atoms with Crippen LogP contribution < -0.4 is 0 Å². The van der Waals surface area contributed by atoms with Gasteiger partial charge in [-0.3, -0.25) is 4.79 Å². The molecule has 2 aromatic rings. The minimum atomic E-state index is -0.733. The molecule has 1 aromatic carbocycles. The molecule has 0 radical (unpaired) electrons. The maximum Gasteiger partial charge on any atom is 0.303 e. The Morgan fingerprint density at radius 3 is 2.63 bits per heavy atom. The van der Waals surface area contributed by atoms with E-state index in [2.05, 4.69) is 43.7 Å². The SMILES string of the molecule is Cc1cccc2c(C(CC(=O)O)C(C)C)cn(C)c12. The van der Waals surface area contributed by atoms with Gasteiger partial charge in [-0.25, -0.2) is 0 Å². The number of carboxylic acids is 1. The fourth-order valence-corrected chi connectivity index (χ4v) is 2.89. The van der Waals surface area contributed by atoms with Crippen LogP contribution in [0.4, 0.5) is 0 Å². The number of carboxylic acid groups (broad SMARTS) is 1. The number of rotatable bonds is 4. The number of hydrogen-bond acceptors (Lipinski definition) is 1. The van der Waals surface area contributed by atoms with Crippen LogP contribution in [-0.2, 0) is 11.8 Å². The third kappa shape index (κ3) is 2.50. The molecule has 0 saturated carbocycles. The van der Waals surface area contributed by atoms with Gasteiger partial charge in [-0.15, -0.1) is 0 Å². The molecule has 1 atom stereocenters. The van der Waals surface area contributed by atoms with Crippen molar-refractivity contribution in [1.82, 2.24) is 4.57 Å². The Bertz CT molecular complexity index is 610. The number of aliphatic carboxylic acids is 1. The Hall–Kier alpha value is -1.77. The molecule has 0 aliphatic carbocycles. The maximum absolute atomic E-state index is 11.1. The van der Waals surface area contributed by atoms with E-state index in [0.29, 0.717) is 5.92 Å². The minimum Gasteiger partial charge on any atom is -0.481 e. The molecule has 0 bridgehead atoms. The second kappa shape index (κ2) is 5.08. The predicted octanol–water partition coefficient (Wildman–Crippen LogP) is 3.70. The molecule has 0 spiro atoms. The molecule has 102 valence electrons. The largest absolute Gasteiger partial charge is 0.481 e. The van der Waals surface area contributed by atoms with E-state index in [1.165, 1.54) is 16.5 Å². The molecule has 0 amide bonds. The van der Waals surface area contributed by atoms with Crippen molar-refractivity contribution in [2.45, 2.75) is 33.1 Å². The number of nitrogens with zero attached hydrogens (tertiary/aromatic N) is 1. The summed E-state index contributed by atoms with van der Waals surface area (Å²) in [6, 6.07) is 6.22. The van der Waals surface area contributed by atoms with E-state index in [0.717, 1.165) is 5.56 Å². The van der Waals surface area contributed by atoms with Gasteiger partial charge in [0.2, 0.25) is 0 Å². The Labute approximate surface area is 113 Å². The highest BCUT2D eigenvalue weighted by atomic mass is 16.4. The summed E-state index contributed by atoms with van der Waals surface area (Å²) < 4.78 is 2.11. The van der Waals surface area contributed by atoms with Gasteiger partial charge in [0.1, 0.15) is 0 Å². The van der Waals surface area contributed by atoms with Crippen molar-refractivity contribution < 1.29 is 9.90 Å². The molecule has 19 heavy (non-hydrogen) atoms. The molecule has 2 rings (SSSR count). The smallest absolute Gasteiger partial charge is 0.303 e. The van der Waals surface area contributed by atoms with Crippen LogP contribution in [0.1, 0.15) is 37.3 Å². The lowest BCUT2D eigenvalue weighted by molar-refractivity contribution is -0.137. The van der Waals surface area contributed by atoms with Gasteiger partial charge in [-0.1, -0.05) is 32.0 Å². The summed E-state index contributed by atoms with van der Waals surface area (Å²) in [4.78, 5) is 11.1. The summed E-state index contributed by atoms with van der Waals surface area (Å²) in [5.74, 6) is -0.367. The standard InChI is InChI=1S/C16H21NO2/c1-10(2)13(8-15(18)19)14-9-17(4)16-11(3)6-5-7-12(14)16/h5-7,9-10,13H,8H2,1-4H3,(H,18,19). The monoisotopic (exact) mass is 259 g/mol. The summed E-state index contributed by atoms with van der Waals surface area (Å²) in [7, 11) is 2.02. The molecular formula is C16H21NO2. The zero-order valence-electron chi connectivity index (χ0n) is 12.0. The van der Waals surface area contributed by atoms with E-state index in [4.69, 9.17) is 5.11 Å². The van der Waals surface area contributed by atoms with E-state index >= 15 is 0 Å². The van der Waals surface area contributed by atoms with Gasteiger partial charge in [-0.2, -0.15) is 0 Å². The Morgan fingerprint density at radius 2 is 2.05 bits per heavy atom. The molecular weight excluding hydrogens is 238 g/mol. The maximum atomic E-state index is 11.1. The summed E-state index contributed by atoms with van der Waals surface area (Å²) in [5.41, 5.74) is 3.58. The Kier molecular flexibility index (Phi) is 3.65. The van der Waals surface area contributed by atoms with Gasteiger partial charge in [0.05, 0.1) is 11.9 Å². The zero-order valence-corrected chi connectivity index (χ0v) is 12.0. The van der Waals surface area contributed by atoms with Crippen LogP contribution >= 0.6 is 0 Å². The average molecular weight is 259 g/mol. The number of aromatic nitrogens is 1. The molecule has 0 fully saturated rings. The molecule has 3 heteroatoms. The third-order valence-corrected chi connectivity index (χ3v) is 3.83. The first kappa shape index (κ1) is 13.7. The highest BCUT2D eigenvalue weighted by molar-refractivity contribution is 5.87. The lowest BCUT2D eigenvalue weighted by atomic mass is 9.85. The average Bonchev–Trinajstić information content (AvgIpc) is 2.64. The first-order valence-corrected chi connectivity index (χ1v) is 6.68. The number of carbonyl (C=O) groups is 1. The van der Waals surface area contributed by atoms with E-state index in [-0.39, 0.29) is 12.3 Å². The van der Waals surface area contributed by atoms with Gasteiger partial charge >= 0.3 is 5.97 Å². The van der Waals surface area contributed by atoms with E-state index in [1.807, 2.05) is 13.1 Å². The van der Waals surface area contributed by atoms with Crippen molar-refractivity contribution in [2.75, 3.05) is 0 Å². The summed E-state index contributed by atoms with van der Waals surface area (Å²) >= 11 is 0. The van der Waals surface area contributed by atoms with Crippen LogP contribution in [-0.4, -0.2) is 15.6 Å². The first-order chi connectivity index (χ1) is 8.91. The Morgan fingerprint density at radius 1 is 1.37 bits per heavy atom. The third-order valence-electron chi connectivity index (χ3n) is 3.83. The zero-order chi connectivity index (χ0) is 14.2. The van der Waals surface area contributed by atoms with Gasteiger partial charge in [0, 0.05) is 18.6 Å². The molecule has 0 aliphatic rings. The quantitative estimate of drug-likeness (QED) is 0.909. The van der Waals surface area contributed by atoms with Gasteiger partial charge in [0.15, 0.2) is 0 Å². The number of fused-ring (bicyclic) bond motifs is 1. The van der Waals surface area contributed by atoms with E-state index < -0.39 is 5.97 Å². The lowest BCUT2D eigenvalue weighted by Crippen LogP contribution is -2.11. The van der Waals surface area contributed by atoms with Crippen molar-refractivity contribution >= 4 is 16.9 Å². The minimum absolute atomic E-state index is 0.0583. The molecule has 1 heterocycles. The Balaban J connectivity index is 2.60. The van der Waals surface area contributed by atoms with Crippen molar-refractivity contribution in [3.8, 4) is 0 Å². The van der Waals surface area contributed by atoms with Crippen molar-refractivity contribution in [3.63, 3.8) is 0 Å². The molecule has 3 nitrogen and oxygen atoms in total. The second-order valence-electron chi connectivity index (χ2n) is 5.61.